The number of rotatable bonds is 5. The van der Waals surface area contributed by atoms with Crippen LogP contribution in [0.15, 0.2) is 27.9 Å². The first-order valence-corrected chi connectivity index (χ1v) is 7.91. The lowest BCUT2D eigenvalue weighted by molar-refractivity contribution is -0.136. The molecule has 1 aromatic carbocycles. The normalized spacial score (nSPS) is 14.0. The molecule has 1 amide bonds. The minimum atomic E-state index is -0.603. The van der Waals surface area contributed by atoms with Gasteiger partial charge in [-0.1, -0.05) is 0 Å². The van der Waals surface area contributed by atoms with Crippen LogP contribution in [0.4, 0.5) is 5.69 Å². The molecule has 0 aliphatic carbocycles. The molecular weight excluding hydrogens is 378 g/mol. The minimum Gasteiger partial charge on any atom is -0.466 e. The van der Waals surface area contributed by atoms with Gasteiger partial charge in [0.05, 0.1) is 43.2 Å². The number of halogens is 1. The summed E-state index contributed by atoms with van der Waals surface area (Å²) in [7, 11) is 1.25. The molecule has 0 aromatic heterocycles. The molecule has 1 heterocycles. The van der Waals surface area contributed by atoms with Crippen LogP contribution in [0.1, 0.15) is 11.1 Å². The Morgan fingerprint density at radius 2 is 2.25 bits per heavy atom. The van der Waals surface area contributed by atoms with Crippen LogP contribution in [0.2, 0.25) is 0 Å². The first-order chi connectivity index (χ1) is 11.4. The van der Waals surface area contributed by atoms with E-state index < -0.39 is 5.97 Å². The van der Waals surface area contributed by atoms with E-state index in [1.54, 1.807) is 19.1 Å². The van der Waals surface area contributed by atoms with E-state index in [2.05, 4.69) is 27.3 Å². The number of nitrogens with zero attached hydrogens (tertiary/aromatic N) is 2. The van der Waals surface area contributed by atoms with Gasteiger partial charge in [0, 0.05) is 11.0 Å². The third-order valence-corrected chi connectivity index (χ3v) is 4.25. The number of hydrogen-bond donors (Lipinski definition) is 2. The second kappa shape index (κ2) is 7.47. The second-order valence-electron chi connectivity index (χ2n) is 5.18. The van der Waals surface area contributed by atoms with Crippen LogP contribution in [-0.4, -0.2) is 48.7 Å². The number of ether oxygens (including phenoxy) is 1. The number of nitriles is 1. The Bertz CT molecular complexity index is 744. The number of carbonyl (C=O) groups is 2. The maximum atomic E-state index is 12.5. The molecule has 7 nitrogen and oxygen atoms in total. The van der Waals surface area contributed by atoms with Crippen molar-refractivity contribution in [1.82, 2.24) is 4.90 Å². The van der Waals surface area contributed by atoms with Gasteiger partial charge < -0.3 is 20.1 Å². The van der Waals surface area contributed by atoms with E-state index in [9.17, 15) is 9.59 Å². The number of esters is 1. The molecule has 24 heavy (non-hydrogen) atoms. The van der Waals surface area contributed by atoms with Crippen molar-refractivity contribution in [3.05, 3.63) is 39.0 Å². The fraction of sp³-hybridized carbons (Fsp3) is 0.312. The molecule has 0 radical (unpaired) electrons. The molecule has 1 aliphatic heterocycles. The molecule has 0 unspecified atom stereocenters. The van der Waals surface area contributed by atoms with Gasteiger partial charge in [-0.25, -0.2) is 4.79 Å². The highest BCUT2D eigenvalue weighted by Gasteiger charge is 2.34. The van der Waals surface area contributed by atoms with E-state index in [4.69, 9.17) is 15.1 Å². The predicted octanol–water partition coefficient (Wildman–Crippen LogP) is 1.30. The topological polar surface area (TPSA) is 103 Å². The Kier molecular flexibility index (Phi) is 5.59. The van der Waals surface area contributed by atoms with Gasteiger partial charge >= 0.3 is 5.97 Å². The zero-order valence-electron chi connectivity index (χ0n) is 13.2. The highest BCUT2D eigenvalue weighted by molar-refractivity contribution is 9.10. The highest BCUT2D eigenvalue weighted by atomic mass is 79.9. The van der Waals surface area contributed by atoms with E-state index in [1.807, 2.05) is 0 Å². The number of anilines is 1. The Morgan fingerprint density at radius 1 is 1.54 bits per heavy atom. The fourth-order valence-electron chi connectivity index (χ4n) is 2.44. The molecule has 2 rings (SSSR count). The van der Waals surface area contributed by atoms with Crippen molar-refractivity contribution in [3.8, 4) is 6.07 Å². The van der Waals surface area contributed by atoms with Gasteiger partial charge in [-0.15, -0.1) is 0 Å². The van der Waals surface area contributed by atoms with Gasteiger partial charge in [0.1, 0.15) is 5.70 Å². The van der Waals surface area contributed by atoms with Crippen LogP contribution in [0, 0.1) is 18.3 Å². The zero-order chi connectivity index (χ0) is 17.9. The maximum absolute atomic E-state index is 12.5. The third-order valence-electron chi connectivity index (χ3n) is 3.62. The van der Waals surface area contributed by atoms with Crippen LogP contribution in [-0.2, 0) is 14.3 Å². The molecule has 2 N–H and O–H groups in total. The van der Waals surface area contributed by atoms with Gasteiger partial charge in [0.15, 0.2) is 0 Å². The molecule has 0 fully saturated rings. The summed E-state index contributed by atoms with van der Waals surface area (Å²) in [5.41, 5.74) is 2.12. The van der Waals surface area contributed by atoms with Crippen molar-refractivity contribution in [3.63, 3.8) is 0 Å². The summed E-state index contributed by atoms with van der Waals surface area (Å²) in [5, 5.41) is 21.0. The van der Waals surface area contributed by atoms with E-state index in [-0.39, 0.29) is 36.9 Å². The average molecular weight is 394 g/mol. The van der Waals surface area contributed by atoms with Crippen LogP contribution < -0.4 is 5.32 Å². The molecule has 0 bridgehead atoms. The Morgan fingerprint density at radius 3 is 2.79 bits per heavy atom. The number of nitrogens with one attached hydrogen (secondary N) is 1. The summed E-state index contributed by atoms with van der Waals surface area (Å²) < 4.78 is 5.34. The van der Waals surface area contributed by atoms with Crippen molar-refractivity contribution in [2.24, 2.45) is 0 Å². The van der Waals surface area contributed by atoms with E-state index in [0.29, 0.717) is 15.7 Å². The van der Waals surface area contributed by atoms with Crippen molar-refractivity contribution >= 4 is 33.5 Å². The number of benzene rings is 1. The van der Waals surface area contributed by atoms with Crippen LogP contribution in [0.25, 0.3) is 0 Å². The minimum absolute atomic E-state index is 0.0708. The number of carbonyl (C=O) groups excluding carboxylic acids is 2. The largest absolute Gasteiger partial charge is 0.466 e. The summed E-state index contributed by atoms with van der Waals surface area (Å²) in [6.45, 7) is 1.78. The van der Waals surface area contributed by atoms with Gasteiger partial charge in [-0.2, -0.15) is 5.26 Å². The molecule has 126 valence electrons. The van der Waals surface area contributed by atoms with Crippen LogP contribution in [0.5, 0.6) is 0 Å². The number of hydrogen-bond acceptors (Lipinski definition) is 6. The highest BCUT2D eigenvalue weighted by Crippen LogP contribution is 2.31. The van der Waals surface area contributed by atoms with Gasteiger partial charge in [0.2, 0.25) is 0 Å². The number of aliphatic hydroxyl groups is 1. The SMILES string of the molecule is COC(=O)C1=C(Nc2c(C)cc(C#N)cc2Br)C(=O)N(CCO)C1. The predicted molar refractivity (Wildman–Crippen MR) is 89.9 cm³/mol. The second-order valence-corrected chi connectivity index (χ2v) is 6.04. The molecule has 0 spiro atoms. The third kappa shape index (κ3) is 3.42. The molecule has 1 aliphatic rings. The summed E-state index contributed by atoms with van der Waals surface area (Å²) in [5.74, 6) is -0.992. The Hall–Kier alpha value is -2.37. The zero-order valence-corrected chi connectivity index (χ0v) is 14.8. The summed E-state index contributed by atoms with van der Waals surface area (Å²) in [6.07, 6.45) is 0. The van der Waals surface area contributed by atoms with Crippen molar-refractivity contribution in [2.75, 3.05) is 32.1 Å². The quantitative estimate of drug-likeness (QED) is 0.730. The molecule has 8 heteroatoms. The molecule has 1 aromatic rings. The summed E-state index contributed by atoms with van der Waals surface area (Å²) >= 11 is 3.37. The summed E-state index contributed by atoms with van der Waals surface area (Å²) in [4.78, 5) is 25.8. The number of aryl methyl sites for hydroxylation is 1. The van der Waals surface area contributed by atoms with Gasteiger partial charge in [0.25, 0.3) is 5.91 Å². The lowest BCUT2D eigenvalue weighted by atomic mass is 10.1. The lowest BCUT2D eigenvalue weighted by Crippen LogP contribution is -2.31. The molecule has 0 atom stereocenters. The number of aliphatic hydroxyl groups excluding tert-OH is 1. The number of β-amino-alcohol motifs (C(OH)–C–C–N with tert-alkyl or cyclic N) is 1. The lowest BCUT2D eigenvalue weighted by Gasteiger charge is -2.16. The van der Waals surface area contributed by atoms with E-state index in [1.165, 1.54) is 12.0 Å². The monoisotopic (exact) mass is 393 g/mol. The Labute approximate surface area is 147 Å². The first-order valence-electron chi connectivity index (χ1n) is 7.11. The number of methoxy groups -OCH3 is 1. The molecule has 0 saturated heterocycles. The van der Waals surface area contributed by atoms with Crippen molar-refractivity contribution in [1.29, 1.82) is 5.26 Å². The smallest absolute Gasteiger partial charge is 0.337 e. The Balaban J connectivity index is 2.43. The molecular formula is C16H16BrN3O4. The van der Waals surface area contributed by atoms with Crippen molar-refractivity contribution < 1.29 is 19.4 Å². The van der Waals surface area contributed by atoms with Gasteiger partial charge in [-0.05, 0) is 40.5 Å². The first kappa shape index (κ1) is 18.0. The van der Waals surface area contributed by atoms with Crippen LogP contribution >= 0.6 is 15.9 Å². The summed E-state index contributed by atoms with van der Waals surface area (Å²) in [6, 6.07) is 5.35. The van der Waals surface area contributed by atoms with Gasteiger partial charge in [-0.3, -0.25) is 4.79 Å². The number of amides is 1. The van der Waals surface area contributed by atoms with E-state index in [0.717, 1.165) is 5.56 Å². The van der Waals surface area contributed by atoms with Crippen LogP contribution in [0.3, 0.4) is 0 Å². The maximum Gasteiger partial charge on any atom is 0.337 e. The molecule has 0 saturated carbocycles. The average Bonchev–Trinajstić information content (AvgIpc) is 2.86. The standard InChI is InChI=1S/C16H16BrN3O4/c1-9-5-10(7-18)6-12(17)13(9)19-14-11(16(23)24-2)8-20(3-4-21)15(14)22/h5-6,19,21H,3-4,8H2,1-2H3. The van der Waals surface area contributed by atoms with E-state index >= 15 is 0 Å². The fourth-order valence-corrected chi connectivity index (χ4v) is 3.10. The van der Waals surface area contributed by atoms with Crippen molar-refractivity contribution in [2.45, 2.75) is 6.92 Å².